The summed E-state index contributed by atoms with van der Waals surface area (Å²) in [5, 5.41) is 3.37. The van der Waals surface area contributed by atoms with Crippen molar-refractivity contribution in [1.29, 1.82) is 0 Å². The van der Waals surface area contributed by atoms with Crippen molar-refractivity contribution in [1.82, 2.24) is 15.0 Å². The van der Waals surface area contributed by atoms with Crippen LogP contribution in [0.5, 0.6) is 5.75 Å². The number of rotatable bonds is 4. The van der Waals surface area contributed by atoms with Crippen molar-refractivity contribution in [3.8, 4) is 5.75 Å². The van der Waals surface area contributed by atoms with E-state index in [1.807, 2.05) is 16.8 Å². The van der Waals surface area contributed by atoms with E-state index in [1.54, 1.807) is 0 Å². The number of likely N-dealkylation sites (N-methyl/N-ethyl adjacent to an activating group) is 1. The summed E-state index contributed by atoms with van der Waals surface area (Å²) in [6.45, 7) is 1.55. The Labute approximate surface area is 199 Å². The van der Waals surface area contributed by atoms with Crippen LogP contribution in [-0.4, -0.2) is 65.4 Å². The molecule has 9 nitrogen and oxygen atoms in total. The molecule has 1 spiro atoms. The number of hydrogen-bond acceptors (Lipinski definition) is 8. The molecule has 1 aliphatic carbocycles. The maximum atomic E-state index is 13.4. The number of carbonyl (C=O) groups excluding carboxylic acids is 1. The van der Waals surface area contributed by atoms with Crippen molar-refractivity contribution >= 4 is 23.4 Å². The maximum absolute atomic E-state index is 13.4. The second kappa shape index (κ2) is 7.94. The summed E-state index contributed by atoms with van der Waals surface area (Å²) in [6, 6.07) is 2.29. The molecular weight excluding hydrogens is 465 g/mol. The topological polar surface area (TPSA) is 92.7 Å². The molecule has 1 amide bonds. The van der Waals surface area contributed by atoms with E-state index in [4.69, 9.17) is 19.4 Å². The minimum absolute atomic E-state index is 0.0620. The molecule has 5 heterocycles. The Balaban J connectivity index is 1.15. The van der Waals surface area contributed by atoms with Gasteiger partial charge in [-0.05, 0) is 25.0 Å². The fourth-order valence-corrected chi connectivity index (χ4v) is 5.31. The standard InChI is InChI=1S/C23H25F3N6O3/c1-31-19-18-16(3-2-7-32(18)20(33)22(31)6-8-34-12-22)29-21(30-19)28-13-9-15(10-13)35-14-4-5-17(27-11-14)23(24,25)26/h4-5,11,13,15H,2-3,6-10,12H2,1H3,(H,28,29,30)/t13-,15+,22?. The molecular formula is C23H25F3N6O3. The van der Waals surface area contributed by atoms with Crippen LogP contribution in [0.25, 0.3) is 0 Å². The monoisotopic (exact) mass is 490 g/mol. The number of amides is 1. The van der Waals surface area contributed by atoms with Crippen LogP contribution in [0.1, 0.15) is 37.1 Å². The Morgan fingerprint density at radius 2 is 2.09 bits per heavy atom. The van der Waals surface area contributed by atoms with Crippen LogP contribution in [0, 0.1) is 0 Å². The lowest BCUT2D eigenvalue weighted by atomic mass is 9.89. The first-order valence-electron chi connectivity index (χ1n) is 11.8. The number of alkyl halides is 3. The van der Waals surface area contributed by atoms with E-state index in [0.717, 1.165) is 42.3 Å². The first-order chi connectivity index (χ1) is 16.7. The van der Waals surface area contributed by atoms with Gasteiger partial charge in [0.15, 0.2) is 5.82 Å². The van der Waals surface area contributed by atoms with Crippen molar-refractivity contribution < 1.29 is 27.4 Å². The first kappa shape index (κ1) is 22.3. The van der Waals surface area contributed by atoms with E-state index in [2.05, 4.69) is 10.3 Å². The zero-order valence-electron chi connectivity index (χ0n) is 19.1. The predicted molar refractivity (Wildman–Crippen MR) is 120 cm³/mol. The molecule has 12 heteroatoms. The second-order valence-electron chi connectivity index (χ2n) is 9.55. The normalized spacial score (nSPS) is 27.6. The van der Waals surface area contributed by atoms with E-state index in [-0.39, 0.29) is 18.1 Å². The fourth-order valence-electron chi connectivity index (χ4n) is 5.31. The fraction of sp³-hybridized carbons (Fsp3) is 0.565. The van der Waals surface area contributed by atoms with E-state index < -0.39 is 17.4 Å². The number of aromatic nitrogens is 3. The average molecular weight is 490 g/mol. The van der Waals surface area contributed by atoms with Crippen molar-refractivity contribution in [3.63, 3.8) is 0 Å². The number of hydrogen-bond donors (Lipinski definition) is 1. The van der Waals surface area contributed by atoms with Gasteiger partial charge < -0.3 is 24.6 Å². The molecule has 35 heavy (non-hydrogen) atoms. The third-order valence-corrected chi connectivity index (χ3v) is 7.36. The Morgan fingerprint density at radius 3 is 2.77 bits per heavy atom. The predicted octanol–water partition coefficient (Wildman–Crippen LogP) is 2.80. The van der Waals surface area contributed by atoms with E-state index >= 15 is 0 Å². The Morgan fingerprint density at radius 1 is 1.26 bits per heavy atom. The number of pyridine rings is 1. The molecule has 1 saturated heterocycles. The van der Waals surface area contributed by atoms with Gasteiger partial charge in [0.1, 0.15) is 28.8 Å². The van der Waals surface area contributed by atoms with E-state index in [0.29, 0.717) is 50.7 Å². The van der Waals surface area contributed by atoms with Gasteiger partial charge in [-0.2, -0.15) is 18.2 Å². The van der Waals surface area contributed by atoms with Crippen molar-refractivity contribution in [2.45, 2.75) is 56.0 Å². The zero-order valence-corrected chi connectivity index (χ0v) is 19.1. The van der Waals surface area contributed by atoms with Crippen LogP contribution >= 0.6 is 0 Å². The van der Waals surface area contributed by atoms with Crippen LogP contribution in [0.15, 0.2) is 18.3 Å². The summed E-state index contributed by atoms with van der Waals surface area (Å²) in [6.07, 6.45) is 0.0724. The third kappa shape index (κ3) is 3.65. The Kier molecular flexibility index (Phi) is 5.06. The highest BCUT2D eigenvalue weighted by Crippen LogP contribution is 2.45. The van der Waals surface area contributed by atoms with Crippen LogP contribution < -0.4 is 19.9 Å². The summed E-state index contributed by atoms with van der Waals surface area (Å²) >= 11 is 0. The number of carbonyl (C=O) groups is 1. The Hall–Kier alpha value is -3.15. The quantitative estimate of drug-likeness (QED) is 0.700. The highest BCUT2D eigenvalue weighted by Gasteiger charge is 2.54. The number of ether oxygens (including phenoxy) is 2. The highest BCUT2D eigenvalue weighted by atomic mass is 19.4. The second-order valence-corrected chi connectivity index (χ2v) is 9.55. The summed E-state index contributed by atoms with van der Waals surface area (Å²) in [5.74, 6) is 1.62. The van der Waals surface area contributed by atoms with Gasteiger partial charge >= 0.3 is 6.18 Å². The smallest absolute Gasteiger partial charge is 0.433 e. The van der Waals surface area contributed by atoms with Crippen LogP contribution in [0.2, 0.25) is 0 Å². The Bertz CT molecular complexity index is 1150. The largest absolute Gasteiger partial charge is 0.489 e. The van der Waals surface area contributed by atoms with Gasteiger partial charge in [-0.1, -0.05) is 0 Å². The van der Waals surface area contributed by atoms with Gasteiger partial charge in [0, 0.05) is 45.5 Å². The number of aryl methyl sites for hydroxylation is 1. The molecule has 1 unspecified atom stereocenters. The molecule has 186 valence electrons. The molecule has 0 aromatic carbocycles. The van der Waals surface area contributed by atoms with Gasteiger partial charge in [-0.25, -0.2) is 9.97 Å². The van der Waals surface area contributed by atoms with Crippen molar-refractivity contribution in [2.75, 3.05) is 41.9 Å². The van der Waals surface area contributed by atoms with Gasteiger partial charge in [-0.15, -0.1) is 0 Å². The molecule has 4 aliphatic rings. The van der Waals surface area contributed by atoms with Crippen LogP contribution in [-0.2, 0) is 22.1 Å². The molecule has 0 bridgehead atoms. The lowest BCUT2D eigenvalue weighted by Crippen LogP contribution is -2.64. The van der Waals surface area contributed by atoms with Gasteiger partial charge in [0.2, 0.25) is 5.95 Å². The third-order valence-electron chi connectivity index (χ3n) is 7.36. The van der Waals surface area contributed by atoms with Crippen LogP contribution in [0.3, 0.4) is 0 Å². The molecule has 2 aromatic heterocycles. The number of halogens is 3. The zero-order chi connectivity index (χ0) is 24.4. The molecule has 2 fully saturated rings. The number of nitrogens with one attached hydrogen (secondary N) is 1. The SMILES string of the molecule is CN1c2nc(N[C@H]3C[C@@H](Oc4ccc(C(F)(F)F)nc4)C3)nc3c2N(CCC3)C(=O)C12CCOC2. The number of anilines is 3. The molecule has 3 aliphatic heterocycles. The maximum Gasteiger partial charge on any atom is 0.433 e. The molecule has 1 N–H and O–H groups in total. The summed E-state index contributed by atoms with van der Waals surface area (Å²) < 4.78 is 49.4. The van der Waals surface area contributed by atoms with Gasteiger partial charge in [-0.3, -0.25) is 4.79 Å². The average Bonchev–Trinajstić information content (AvgIpc) is 3.30. The lowest BCUT2D eigenvalue weighted by Gasteiger charge is -2.48. The van der Waals surface area contributed by atoms with Gasteiger partial charge in [0.05, 0.1) is 18.5 Å². The molecule has 0 radical (unpaired) electrons. The van der Waals surface area contributed by atoms with Crippen molar-refractivity contribution in [2.24, 2.45) is 0 Å². The molecule has 1 saturated carbocycles. The summed E-state index contributed by atoms with van der Waals surface area (Å²) in [4.78, 5) is 30.1. The highest BCUT2D eigenvalue weighted by molar-refractivity contribution is 6.09. The van der Waals surface area contributed by atoms with E-state index in [1.165, 1.54) is 6.07 Å². The van der Waals surface area contributed by atoms with Crippen molar-refractivity contribution in [3.05, 3.63) is 29.7 Å². The molecule has 6 rings (SSSR count). The summed E-state index contributed by atoms with van der Waals surface area (Å²) in [7, 11) is 1.90. The lowest BCUT2D eigenvalue weighted by molar-refractivity contribution is -0.141. The summed E-state index contributed by atoms with van der Waals surface area (Å²) in [5.41, 5.74) is -0.00182. The van der Waals surface area contributed by atoms with Crippen LogP contribution in [0.4, 0.5) is 30.6 Å². The van der Waals surface area contributed by atoms with Gasteiger partial charge in [0.25, 0.3) is 5.91 Å². The van der Waals surface area contributed by atoms with E-state index in [9.17, 15) is 18.0 Å². The first-order valence-corrected chi connectivity index (χ1v) is 11.8. The minimum Gasteiger partial charge on any atom is -0.489 e. The minimum atomic E-state index is -4.47. The molecule has 2 aromatic rings. The number of nitrogens with zero attached hydrogens (tertiary/aromatic N) is 5. The molecule has 1 atom stereocenters.